The maximum Gasteiger partial charge on any atom is 0.258 e. The van der Waals surface area contributed by atoms with Crippen molar-refractivity contribution >= 4 is 21.6 Å². The Morgan fingerprint density at radius 2 is 1.85 bits per heavy atom. The molecule has 0 aromatic heterocycles. The summed E-state index contributed by atoms with van der Waals surface area (Å²) >= 11 is 0. The molecule has 0 aliphatic carbocycles. The first-order valence-corrected chi connectivity index (χ1v) is 10.5. The van der Waals surface area contributed by atoms with Gasteiger partial charge in [0.25, 0.3) is 5.91 Å². The zero-order valence-corrected chi connectivity index (χ0v) is 16.5. The van der Waals surface area contributed by atoms with Gasteiger partial charge in [0.2, 0.25) is 10.0 Å². The summed E-state index contributed by atoms with van der Waals surface area (Å²) < 4.78 is 27.4. The van der Waals surface area contributed by atoms with E-state index in [0.717, 1.165) is 11.1 Å². The Morgan fingerprint density at radius 3 is 2.52 bits per heavy atom. The van der Waals surface area contributed by atoms with Crippen LogP contribution in [0.25, 0.3) is 0 Å². The van der Waals surface area contributed by atoms with E-state index in [1.165, 1.54) is 0 Å². The van der Waals surface area contributed by atoms with Crippen LogP contribution < -0.4 is 15.4 Å². The van der Waals surface area contributed by atoms with Gasteiger partial charge in [-0.3, -0.25) is 4.79 Å². The highest BCUT2D eigenvalue weighted by molar-refractivity contribution is 7.89. The molecular formula is C20H25N3O3S. The number of aryl methyl sites for hydroxylation is 1. The predicted octanol–water partition coefficient (Wildman–Crippen LogP) is 2.41. The lowest BCUT2D eigenvalue weighted by atomic mass is 9.96. The Morgan fingerprint density at radius 1 is 1.15 bits per heavy atom. The third-order valence-electron chi connectivity index (χ3n) is 4.69. The van der Waals surface area contributed by atoms with Crippen molar-refractivity contribution in [2.45, 2.75) is 44.3 Å². The predicted molar refractivity (Wildman–Crippen MR) is 106 cm³/mol. The maximum absolute atomic E-state index is 12.8. The van der Waals surface area contributed by atoms with Crippen molar-refractivity contribution in [3.05, 3.63) is 59.7 Å². The highest BCUT2D eigenvalue weighted by Gasteiger charge is 2.34. The third-order valence-corrected chi connectivity index (χ3v) is 6.17. The molecule has 27 heavy (non-hydrogen) atoms. The van der Waals surface area contributed by atoms with Crippen LogP contribution in [0, 0.1) is 12.8 Å². The Balaban J connectivity index is 1.77. The summed E-state index contributed by atoms with van der Waals surface area (Å²) in [4.78, 5) is 12.9. The van der Waals surface area contributed by atoms with Crippen LogP contribution in [0.15, 0.2) is 53.4 Å². The Bertz CT molecular complexity index is 927. The Labute approximate surface area is 160 Å². The minimum absolute atomic E-state index is 0.106. The first-order valence-electron chi connectivity index (χ1n) is 9.00. The zero-order valence-electron chi connectivity index (χ0n) is 15.7. The van der Waals surface area contributed by atoms with Crippen LogP contribution in [0.3, 0.4) is 0 Å². The summed E-state index contributed by atoms with van der Waals surface area (Å²) in [6, 6.07) is 14.8. The topological polar surface area (TPSA) is 87.3 Å². The maximum atomic E-state index is 12.8. The van der Waals surface area contributed by atoms with E-state index in [1.54, 1.807) is 18.2 Å². The van der Waals surface area contributed by atoms with Gasteiger partial charge in [0.1, 0.15) is 4.90 Å². The molecule has 3 N–H and O–H groups in total. The van der Waals surface area contributed by atoms with Gasteiger partial charge >= 0.3 is 0 Å². The Kier molecular flexibility index (Phi) is 5.53. The summed E-state index contributed by atoms with van der Waals surface area (Å²) in [5, 5.41) is 5.99. The van der Waals surface area contributed by atoms with Crippen LogP contribution in [-0.4, -0.2) is 26.5 Å². The van der Waals surface area contributed by atoms with E-state index in [-0.39, 0.29) is 22.8 Å². The van der Waals surface area contributed by atoms with Gasteiger partial charge in [-0.2, -0.15) is 4.72 Å². The number of anilines is 1. The lowest BCUT2D eigenvalue weighted by Crippen LogP contribution is -2.56. The van der Waals surface area contributed by atoms with E-state index in [2.05, 4.69) is 15.4 Å². The molecule has 0 bridgehead atoms. The molecule has 6 nitrogen and oxygen atoms in total. The molecule has 0 radical (unpaired) electrons. The molecule has 2 unspecified atom stereocenters. The summed E-state index contributed by atoms with van der Waals surface area (Å²) in [5.74, 6) is -0.191. The molecule has 7 heteroatoms. The lowest BCUT2D eigenvalue weighted by Gasteiger charge is -2.30. The average molecular weight is 388 g/mol. The average Bonchev–Trinajstić information content (AvgIpc) is 2.60. The standard InChI is InChI=1S/C20H25N3O3S/c1-13(2)16(12-15-7-5-4-6-8-15)22-20(24)19-21-17-11-14(3)9-10-18(17)27(25,26)23-19/h4-11,13,16,19,21,23H,12H2,1-3H3,(H,22,24). The second-order valence-electron chi connectivity index (χ2n) is 7.25. The van der Waals surface area contributed by atoms with Crippen LogP contribution in [0.4, 0.5) is 5.69 Å². The highest BCUT2D eigenvalue weighted by atomic mass is 32.2. The van der Waals surface area contributed by atoms with Gasteiger partial charge < -0.3 is 10.6 Å². The molecule has 2 aromatic rings. The second kappa shape index (κ2) is 7.70. The van der Waals surface area contributed by atoms with E-state index in [4.69, 9.17) is 0 Å². The van der Waals surface area contributed by atoms with Gasteiger partial charge in [-0.25, -0.2) is 8.42 Å². The summed E-state index contributed by atoms with van der Waals surface area (Å²) in [6.45, 7) is 5.94. The van der Waals surface area contributed by atoms with Crippen LogP contribution >= 0.6 is 0 Å². The van der Waals surface area contributed by atoms with Gasteiger partial charge in [0.05, 0.1) is 5.69 Å². The number of hydrogen-bond acceptors (Lipinski definition) is 4. The fourth-order valence-corrected chi connectivity index (χ4v) is 4.36. The van der Waals surface area contributed by atoms with Crippen LogP contribution in [0.5, 0.6) is 0 Å². The quantitative estimate of drug-likeness (QED) is 0.735. The fourth-order valence-electron chi connectivity index (χ4n) is 3.10. The summed E-state index contributed by atoms with van der Waals surface area (Å²) in [7, 11) is -3.74. The first kappa shape index (κ1) is 19.4. The molecule has 1 aliphatic rings. The fraction of sp³-hybridized carbons (Fsp3) is 0.350. The molecule has 1 aliphatic heterocycles. The van der Waals surface area contributed by atoms with Gasteiger partial charge in [-0.1, -0.05) is 50.2 Å². The monoisotopic (exact) mass is 387 g/mol. The molecule has 0 fully saturated rings. The minimum atomic E-state index is -3.74. The first-order chi connectivity index (χ1) is 12.8. The van der Waals surface area contributed by atoms with Crippen molar-refractivity contribution in [2.75, 3.05) is 5.32 Å². The van der Waals surface area contributed by atoms with Crippen molar-refractivity contribution in [3.8, 4) is 0 Å². The number of nitrogens with one attached hydrogen (secondary N) is 3. The molecule has 2 aromatic carbocycles. The molecule has 0 saturated carbocycles. The van der Waals surface area contributed by atoms with Crippen LogP contribution in [0.2, 0.25) is 0 Å². The molecule has 0 spiro atoms. The SMILES string of the molecule is Cc1ccc2c(c1)NC(C(=O)NC(Cc1ccccc1)C(C)C)NS2(=O)=O. The summed E-state index contributed by atoms with van der Waals surface area (Å²) in [5.41, 5.74) is 2.48. The molecule has 3 rings (SSSR count). The van der Waals surface area contributed by atoms with Gasteiger partial charge in [-0.15, -0.1) is 0 Å². The van der Waals surface area contributed by atoms with Crippen molar-refractivity contribution in [1.82, 2.24) is 10.0 Å². The lowest BCUT2D eigenvalue weighted by molar-refractivity contribution is -0.123. The number of hydrogen-bond donors (Lipinski definition) is 3. The number of benzene rings is 2. The number of carbonyl (C=O) groups is 1. The van der Waals surface area contributed by atoms with Crippen LogP contribution in [-0.2, 0) is 21.2 Å². The van der Waals surface area contributed by atoms with Gasteiger partial charge in [0.15, 0.2) is 6.17 Å². The van der Waals surface area contributed by atoms with E-state index in [1.807, 2.05) is 51.1 Å². The van der Waals surface area contributed by atoms with E-state index < -0.39 is 16.2 Å². The number of carbonyl (C=O) groups excluding carboxylic acids is 1. The largest absolute Gasteiger partial charge is 0.360 e. The molecule has 1 amide bonds. The van der Waals surface area contributed by atoms with Crippen molar-refractivity contribution < 1.29 is 13.2 Å². The van der Waals surface area contributed by atoms with E-state index in [9.17, 15) is 13.2 Å². The van der Waals surface area contributed by atoms with Gasteiger partial charge in [0, 0.05) is 6.04 Å². The molecule has 2 atom stereocenters. The van der Waals surface area contributed by atoms with Crippen LogP contribution in [0.1, 0.15) is 25.0 Å². The Hall–Kier alpha value is -2.38. The molecule has 0 saturated heterocycles. The van der Waals surface area contributed by atoms with Gasteiger partial charge in [-0.05, 0) is 42.5 Å². The minimum Gasteiger partial charge on any atom is -0.360 e. The summed E-state index contributed by atoms with van der Waals surface area (Å²) in [6.07, 6.45) is -0.360. The third kappa shape index (κ3) is 4.48. The zero-order chi connectivity index (χ0) is 19.6. The smallest absolute Gasteiger partial charge is 0.258 e. The number of fused-ring (bicyclic) bond motifs is 1. The number of sulfonamides is 1. The second-order valence-corrected chi connectivity index (χ2v) is 8.93. The normalized spacial score (nSPS) is 19.0. The highest BCUT2D eigenvalue weighted by Crippen LogP contribution is 2.27. The van der Waals surface area contributed by atoms with Crippen molar-refractivity contribution in [1.29, 1.82) is 0 Å². The van der Waals surface area contributed by atoms with E-state index in [0.29, 0.717) is 12.1 Å². The van der Waals surface area contributed by atoms with Crippen molar-refractivity contribution in [3.63, 3.8) is 0 Å². The molecule has 144 valence electrons. The molecular weight excluding hydrogens is 362 g/mol. The molecule has 1 heterocycles. The number of rotatable bonds is 5. The number of amides is 1. The van der Waals surface area contributed by atoms with E-state index >= 15 is 0 Å². The van der Waals surface area contributed by atoms with Crippen molar-refractivity contribution in [2.24, 2.45) is 5.92 Å².